The number of nitrogens with zero attached hydrogens (tertiary/aromatic N) is 2. The highest BCUT2D eigenvalue weighted by atomic mass is 32.1. The lowest BCUT2D eigenvalue weighted by atomic mass is 10.0. The fourth-order valence-electron chi connectivity index (χ4n) is 4.61. The molecule has 2 unspecified atom stereocenters. The van der Waals surface area contributed by atoms with Crippen LogP contribution in [0.25, 0.3) is 6.08 Å². The van der Waals surface area contributed by atoms with Crippen LogP contribution in [0.15, 0.2) is 35.9 Å². The van der Waals surface area contributed by atoms with Gasteiger partial charge < -0.3 is 20.9 Å². The quantitative estimate of drug-likeness (QED) is 0.397. The summed E-state index contributed by atoms with van der Waals surface area (Å²) >= 11 is 1.88. The maximum Gasteiger partial charge on any atom is 0.148 e. The van der Waals surface area contributed by atoms with Crippen LogP contribution in [0.1, 0.15) is 55.7 Å². The zero-order valence-corrected chi connectivity index (χ0v) is 24.1. The first-order valence-electron chi connectivity index (χ1n) is 13.6. The molecule has 0 radical (unpaired) electrons. The monoisotopic (exact) mass is 524 g/mol. The van der Waals surface area contributed by atoms with E-state index in [4.69, 9.17) is 5.73 Å². The molecule has 3 N–H and O–H groups in total. The molecule has 0 spiro atoms. The van der Waals surface area contributed by atoms with Gasteiger partial charge in [-0.2, -0.15) is 0 Å². The lowest BCUT2D eigenvalue weighted by Gasteiger charge is -2.27. The standard InChI is InChI=1S/C18H29FN4.C9H10S.C4H6/c1-21-10-14(13-3-4-13)11-22(2)16-5-6-18(17(19)9-16)23-8-7-15(20)12-23;1-7-2-5-9(10-7)6-8-3-4-8;1-3-4-2/h5-6,9,13-15,21H,3-4,7-8,10-12,20H2,1-2H3;2,5-6H,3-4H2,1H3;1-2H3. The van der Waals surface area contributed by atoms with Gasteiger partial charge >= 0.3 is 0 Å². The highest BCUT2D eigenvalue weighted by molar-refractivity contribution is 7.12. The van der Waals surface area contributed by atoms with Crippen molar-refractivity contribution < 1.29 is 4.39 Å². The van der Waals surface area contributed by atoms with E-state index >= 15 is 0 Å². The Hall–Kier alpha value is -2.33. The van der Waals surface area contributed by atoms with Crippen molar-refractivity contribution in [3.8, 4) is 11.8 Å². The van der Waals surface area contributed by atoms with E-state index in [2.05, 4.69) is 59.1 Å². The van der Waals surface area contributed by atoms with E-state index in [1.807, 2.05) is 44.4 Å². The van der Waals surface area contributed by atoms with Crippen molar-refractivity contribution in [1.29, 1.82) is 0 Å². The van der Waals surface area contributed by atoms with Gasteiger partial charge in [-0.25, -0.2) is 4.39 Å². The topological polar surface area (TPSA) is 44.5 Å². The molecular formula is C31H45FN4S. The highest BCUT2D eigenvalue weighted by Crippen LogP contribution is 2.37. The number of halogens is 1. The molecule has 6 heteroatoms. The maximum atomic E-state index is 14.5. The maximum absolute atomic E-state index is 14.5. The van der Waals surface area contributed by atoms with E-state index in [0.29, 0.717) is 11.6 Å². The van der Waals surface area contributed by atoms with E-state index in [1.54, 1.807) is 11.6 Å². The largest absolute Gasteiger partial charge is 0.374 e. The summed E-state index contributed by atoms with van der Waals surface area (Å²) in [5.74, 6) is 6.70. The Labute approximate surface area is 228 Å². The molecule has 1 aliphatic heterocycles. The number of hydrogen-bond donors (Lipinski definition) is 2. The minimum Gasteiger partial charge on any atom is -0.374 e. The van der Waals surface area contributed by atoms with Crippen LogP contribution in [0.2, 0.25) is 0 Å². The van der Waals surface area contributed by atoms with Crippen LogP contribution in [0.5, 0.6) is 0 Å². The molecule has 1 aromatic carbocycles. The summed E-state index contributed by atoms with van der Waals surface area (Å²) in [6.07, 6.45) is 8.59. The molecule has 37 heavy (non-hydrogen) atoms. The van der Waals surface area contributed by atoms with Gasteiger partial charge in [0, 0.05) is 48.2 Å². The van der Waals surface area contributed by atoms with Gasteiger partial charge in [0.25, 0.3) is 0 Å². The molecule has 5 rings (SSSR count). The number of nitrogens with one attached hydrogen (secondary N) is 1. The second-order valence-electron chi connectivity index (χ2n) is 10.4. The number of aryl methyl sites for hydroxylation is 1. The van der Waals surface area contributed by atoms with Crippen LogP contribution in [-0.4, -0.2) is 46.3 Å². The summed E-state index contributed by atoms with van der Waals surface area (Å²) in [6, 6.07) is 10.2. The summed E-state index contributed by atoms with van der Waals surface area (Å²) in [5.41, 5.74) is 9.18. The predicted molar refractivity (Wildman–Crippen MR) is 160 cm³/mol. The Morgan fingerprint density at radius 1 is 1.19 bits per heavy atom. The van der Waals surface area contributed by atoms with Gasteiger partial charge in [0.1, 0.15) is 5.82 Å². The van der Waals surface area contributed by atoms with E-state index in [0.717, 1.165) is 44.2 Å². The zero-order valence-electron chi connectivity index (χ0n) is 23.3. The number of nitrogens with two attached hydrogens (primary N) is 1. The molecule has 2 atom stereocenters. The van der Waals surface area contributed by atoms with E-state index < -0.39 is 0 Å². The zero-order chi connectivity index (χ0) is 26.8. The Balaban J connectivity index is 0.000000223. The summed E-state index contributed by atoms with van der Waals surface area (Å²) < 4.78 is 14.5. The lowest BCUT2D eigenvalue weighted by Crippen LogP contribution is -2.32. The van der Waals surface area contributed by atoms with Gasteiger partial charge in [-0.05, 0) is 115 Å². The first-order valence-corrected chi connectivity index (χ1v) is 14.4. The van der Waals surface area contributed by atoms with E-state index in [9.17, 15) is 4.39 Å². The summed E-state index contributed by atoms with van der Waals surface area (Å²) in [7, 11) is 4.07. The van der Waals surface area contributed by atoms with Gasteiger partial charge in [-0.15, -0.1) is 23.2 Å². The van der Waals surface area contributed by atoms with Crippen molar-refractivity contribution in [2.75, 3.05) is 50.1 Å². The fraction of sp³-hybridized carbons (Fsp3) is 0.548. The third-order valence-electron chi connectivity index (χ3n) is 7.10. The van der Waals surface area contributed by atoms with Crippen LogP contribution in [0, 0.1) is 36.4 Å². The Bertz CT molecular complexity index is 1070. The van der Waals surface area contributed by atoms with Gasteiger partial charge in [0.05, 0.1) is 5.69 Å². The molecule has 0 bridgehead atoms. The van der Waals surface area contributed by atoms with Crippen molar-refractivity contribution in [3.05, 3.63) is 51.5 Å². The number of benzene rings is 1. The summed E-state index contributed by atoms with van der Waals surface area (Å²) in [4.78, 5) is 7.07. The van der Waals surface area contributed by atoms with Crippen molar-refractivity contribution in [3.63, 3.8) is 0 Å². The van der Waals surface area contributed by atoms with Crippen LogP contribution in [-0.2, 0) is 0 Å². The van der Waals surface area contributed by atoms with Gasteiger partial charge in [0.2, 0.25) is 0 Å². The minimum atomic E-state index is -0.139. The second kappa shape index (κ2) is 14.6. The van der Waals surface area contributed by atoms with Gasteiger partial charge in [-0.3, -0.25) is 0 Å². The Kier molecular flexibility index (Phi) is 11.5. The molecule has 3 aliphatic rings. The number of thiophene rings is 1. The smallest absolute Gasteiger partial charge is 0.148 e. The third kappa shape index (κ3) is 9.81. The average Bonchev–Trinajstić information content (AvgIpc) is 3.81. The molecular weight excluding hydrogens is 479 g/mol. The second-order valence-corrected chi connectivity index (χ2v) is 11.7. The highest BCUT2D eigenvalue weighted by Gasteiger charge is 2.31. The number of anilines is 2. The van der Waals surface area contributed by atoms with Crippen molar-refractivity contribution >= 4 is 28.8 Å². The molecule has 2 saturated carbocycles. The molecule has 202 valence electrons. The Morgan fingerprint density at radius 2 is 1.92 bits per heavy atom. The first kappa shape index (κ1) is 29.2. The normalized spacial score (nSPS) is 18.5. The molecule has 3 fully saturated rings. The number of allylic oxidation sites excluding steroid dienone is 1. The van der Waals surface area contributed by atoms with Crippen molar-refractivity contribution in [1.82, 2.24) is 5.32 Å². The van der Waals surface area contributed by atoms with Crippen LogP contribution < -0.4 is 20.9 Å². The van der Waals surface area contributed by atoms with Crippen LogP contribution >= 0.6 is 11.3 Å². The van der Waals surface area contributed by atoms with Crippen molar-refractivity contribution in [2.24, 2.45) is 17.6 Å². The SMILES string of the molecule is CC#CC.CNCC(CN(C)c1ccc(N2CCC(N)C2)c(F)c1)C1CC1.Cc1ccc(C=C2CC2)s1. The van der Waals surface area contributed by atoms with Gasteiger partial charge in [0.15, 0.2) is 0 Å². The number of hydrogen-bond acceptors (Lipinski definition) is 5. The molecule has 2 heterocycles. The van der Waals surface area contributed by atoms with E-state index in [-0.39, 0.29) is 11.9 Å². The number of rotatable bonds is 8. The molecule has 0 amide bonds. The molecule has 1 aromatic heterocycles. The van der Waals surface area contributed by atoms with Crippen LogP contribution in [0.3, 0.4) is 0 Å². The Morgan fingerprint density at radius 3 is 2.41 bits per heavy atom. The summed E-state index contributed by atoms with van der Waals surface area (Å²) in [6.45, 7) is 9.39. The predicted octanol–water partition coefficient (Wildman–Crippen LogP) is 6.31. The fourth-order valence-corrected chi connectivity index (χ4v) is 5.48. The summed E-state index contributed by atoms with van der Waals surface area (Å²) in [5, 5.41) is 3.29. The first-order chi connectivity index (χ1) is 17.8. The molecule has 1 saturated heterocycles. The van der Waals surface area contributed by atoms with Crippen LogP contribution in [0.4, 0.5) is 15.8 Å². The third-order valence-corrected chi connectivity index (χ3v) is 8.04. The lowest BCUT2D eigenvalue weighted by molar-refractivity contribution is 0.444. The molecule has 2 aromatic rings. The van der Waals surface area contributed by atoms with E-state index in [1.165, 1.54) is 35.4 Å². The van der Waals surface area contributed by atoms with Crippen molar-refractivity contribution in [2.45, 2.75) is 58.9 Å². The minimum absolute atomic E-state index is 0.139. The molecule has 2 aliphatic carbocycles. The molecule has 4 nitrogen and oxygen atoms in total. The average molecular weight is 525 g/mol. The van der Waals surface area contributed by atoms with Gasteiger partial charge in [-0.1, -0.05) is 5.57 Å².